The standard InChI is InChI=1S/C14H16N2O4.Na/c1-2-16-8-11(14(18)19)13(17)10-4-3-9(7-12(10)16)20-6-5-15;/h3-4,7-8H,2,5-6,15H2,1H3,(H,18,19);. The van der Waals surface area contributed by atoms with Crippen LogP contribution in [0.25, 0.3) is 10.9 Å². The van der Waals surface area contributed by atoms with Gasteiger partial charge in [0, 0.05) is 60.3 Å². The molecule has 0 amide bonds. The second-order valence-electron chi connectivity index (χ2n) is 4.28. The van der Waals surface area contributed by atoms with E-state index in [9.17, 15) is 9.59 Å². The molecule has 1 aromatic heterocycles. The Morgan fingerprint density at radius 1 is 1.43 bits per heavy atom. The summed E-state index contributed by atoms with van der Waals surface area (Å²) in [4.78, 5) is 23.2. The van der Waals surface area contributed by atoms with E-state index in [0.717, 1.165) is 0 Å². The Kier molecular flexibility index (Phi) is 6.42. The smallest absolute Gasteiger partial charge is 0.341 e. The van der Waals surface area contributed by atoms with Crippen LogP contribution in [0.15, 0.2) is 29.2 Å². The Morgan fingerprint density at radius 2 is 2.14 bits per heavy atom. The first kappa shape index (κ1) is 17.7. The van der Waals surface area contributed by atoms with E-state index in [1.165, 1.54) is 6.20 Å². The number of nitrogens with zero attached hydrogens (tertiary/aromatic N) is 1. The van der Waals surface area contributed by atoms with Gasteiger partial charge in [-0.05, 0) is 19.1 Å². The number of hydrogen-bond donors (Lipinski definition) is 2. The van der Waals surface area contributed by atoms with Gasteiger partial charge in [0.1, 0.15) is 17.9 Å². The van der Waals surface area contributed by atoms with E-state index in [4.69, 9.17) is 15.6 Å². The molecule has 0 atom stereocenters. The van der Waals surface area contributed by atoms with Crippen LogP contribution >= 0.6 is 0 Å². The summed E-state index contributed by atoms with van der Waals surface area (Å²) >= 11 is 0. The van der Waals surface area contributed by atoms with E-state index in [1.54, 1.807) is 22.8 Å². The Hall–Kier alpha value is -1.34. The number of fused-ring (bicyclic) bond motifs is 1. The summed E-state index contributed by atoms with van der Waals surface area (Å²) in [6, 6.07) is 4.95. The molecule has 1 radical (unpaired) electrons. The molecule has 1 aromatic carbocycles. The minimum Gasteiger partial charge on any atom is -0.492 e. The molecule has 7 heteroatoms. The molecule has 1 heterocycles. The zero-order valence-corrected chi connectivity index (χ0v) is 14.1. The third-order valence-corrected chi connectivity index (χ3v) is 3.01. The minimum atomic E-state index is -1.22. The molecule has 6 nitrogen and oxygen atoms in total. The molecular weight excluding hydrogens is 283 g/mol. The number of carbonyl (C=O) groups is 1. The molecule has 2 rings (SSSR count). The number of ether oxygens (including phenoxy) is 1. The van der Waals surface area contributed by atoms with Crippen LogP contribution in [0, 0.1) is 0 Å². The minimum absolute atomic E-state index is 0. The van der Waals surface area contributed by atoms with Crippen molar-refractivity contribution in [1.29, 1.82) is 0 Å². The zero-order chi connectivity index (χ0) is 14.7. The third kappa shape index (κ3) is 3.65. The molecule has 107 valence electrons. The Labute approximate surface area is 143 Å². The van der Waals surface area contributed by atoms with Gasteiger partial charge in [-0.25, -0.2) is 4.79 Å². The normalized spacial score (nSPS) is 10.2. The van der Waals surface area contributed by atoms with E-state index in [2.05, 4.69) is 0 Å². The largest absolute Gasteiger partial charge is 0.492 e. The molecule has 0 aliphatic carbocycles. The molecule has 0 aliphatic heterocycles. The Bertz CT molecular complexity index is 712. The van der Waals surface area contributed by atoms with Crippen molar-refractivity contribution in [3.63, 3.8) is 0 Å². The zero-order valence-electron chi connectivity index (χ0n) is 12.1. The maximum Gasteiger partial charge on any atom is 0.341 e. The summed E-state index contributed by atoms with van der Waals surface area (Å²) < 4.78 is 7.14. The summed E-state index contributed by atoms with van der Waals surface area (Å²) in [6.07, 6.45) is 1.36. The third-order valence-electron chi connectivity index (χ3n) is 3.01. The fourth-order valence-corrected chi connectivity index (χ4v) is 2.05. The second kappa shape index (κ2) is 7.61. The average molecular weight is 299 g/mol. The van der Waals surface area contributed by atoms with Crippen molar-refractivity contribution in [2.24, 2.45) is 5.73 Å². The van der Waals surface area contributed by atoms with Gasteiger partial charge in [-0.1, -0.05) is 0 Å². The van der Waals surface area contributed by atoms with Crippen molar-refractivity contribution in [1.82, 2.24) is 4.57 Å². The van der Waals surface area contributed by atoms with Crippen molar-refractivity contribution in [2.75, 3.05) is 13.2 Å². The summed E-state index contributed by atoms with van der Waals surface area (Å²) in [5.74, 6) is -0.616. The van der Waals surface area contributed by atoms with Crippen molar-refractivity contribution in [2.45, 2.75) is 13.5 Å². The molecule has 0 bridgehead atoms. The SMILES string of the molecule is CCn1cc(C(=O)O)c(=O)c2ccc(OCCN)cc21.[Na]. The summed E-state index contributed by atoms with van der Waals surface area (Å²) in [5, 5.41) is 9.43. The van der Waals surface area contributed by atoms with Crippen molar-refractivity contribution >= 4 is 46.4 Å². The van der Waals surface area contributed by atoms with E-state index >= 15 is 0 Å². The summed E-state index contributed by atoms with van der Waals surface area (Å²) in [6.45, 7) is 3.21. The maximum absolute atomic E-state index is 12.1. The van der Waals surface area contributed by atoms with E-state index < -0.39 is 11.4 Å². The number of hydrogen-bond acceptors (Lipinski definition) is 4. The van der Waals surface area contributed by atoms with Crippen LogP contribution in [0.4, 0.5) is 0 Å². The van der Waals surface area contributed by atoms with Gasteiger partial charge in [-0.2, -0.15) is 0 Å². The van der Waals surface area contributed by atoms with Crippen LogP contribution in [0.2, 0.25) is 0 Å². The molecule has 21 heavy (non-hydrogen) atoms. The number of pyridine rings is 1. The van der Waals surface area contributed by atoms with E-state index in [1.807, 2.05) is 6.92 Å². The molecule has 0 spiro atoms. The number of aromatic nitrogens is 1. The molecule has 2 aromatic rings. The van der Waals surface area contributed by atoms with Gasteiger partial charge in [-0.3, -0.25) is 4.79 Å². The number of aryl methyl sites for hydroxylation is 1. The van der Waals surface area contributed by atoms with Crippen LogP contribution in [-0.4, -0.2) is 58.4 Å². The van der Waals surface area contributed by atoms with Gasteiger partial charge in [0.05, 0.1) is 5.52 Å². The van der Waals surface area contributed by atoms with Crippen LogP contribution in [0.3, 0.4) is 0 Å². The number of carboxylic acids is 1. The van der Waals surface area contributed by atoms with Gasteiger partial charge in [0.25, 0.3) is 0 Å². The summed E-state index contributed by atoms with van der Waals surface area (Å²) in [7, 11) is 0. The van der Waals surface area contributed by atoms with Crippen LogP contribution in [-0.2, 0) is 6.54 Å². The molecule has 0 saturated heterocycles. The van der Waals surface area contributed by atoms with Crippen molar-refractivity contribution < 1.29 is 14.6 Å². The van der Waals surface area contributed by atoms with Crippen molar-refractivity contribution in [3.05, 3.63) is 40.2 Å². The van der Waals surface area contributed by atoms with Gasteiger partial charge < -0.3 is 20.1 Å². The second-order valence-corrected chi connectivity index (χ2v) is 4.28. The molecule has 0 saturated carbocycles. The van der Waals surface area contributed by atoms with Crippen LogP contribution in [0.1, 0.15) is 17.3 Å². The first-order valence-electron chi connectivity index (χ1n) is 6.31. The quantitative estimate of drug-likeness (QED) is 0.792. The van der Waals surface area contributed by atoms with Crippen LogP contribution < -0.4 is 15.9 Å². The van der Waals surface area contributed by atoms with Gasteiger partial charge in [0.2, 0.25) is 5.43 Å². The first-order valence-corrected chi connectivity index (χ1v) is 6.31. The number of rotatable bonds is 5. The predicted octanol–water partition coefficient (Wildman–Crippen LogP) is 0.676. The number of aromatic carboxylic acids is 1. The first-order chi connectivity index (χ1) is 9.58. The fraction of sp³-hybridized carbons (Fsp3) is 0.286. The number of benzene rings is 1. The maximum atomic E-state index is 12.1. The molecule has 0 aliphatic rings. The van der Waals surface area contributed by atoms with E-state index in [0.29, 0.717) is 36.3 Å². The van der Waals surface area contributed by atoms with Gasteiger partial charge >= 0.3 is 5.97 Å². The number of nitrogens with two attached hydrogens (primary N) is 1. The average Bonchev–Trinajstić information content (AvgIpc) is 2.45. The monoisotopic (exact) mass is 299 g/mol. The molecular formula is C14H16N2NaO4. The molecule has 0 unspecified atom stereocenters. The molecule has 0 fully saturated rings. The Balaban J connectivity index is 0.00000220. The van der Waals surface area contributed by atoms with E-state index in [-0.39, 0.29) is 35.1 Å². The predicted molar refractivity (Wildman–Crippen MR) is 81.1 cm³/mol. The fourth-order valence-electron chi connectivity index (χ4n) is 2.05. The van der Waals surface area contributed by atoms with Crippen LogP contribution in [0.5, 0.6) is 5.75 Å². The topological polar surface area (TPSA) is 94.5 Å². The van der Waals surface area contributed by atoms with Crippen molar-refractivity contribution in [3.8, 4) is 5.75 Å². The molecule has 3 N–H and O–H groups in total. The van der Waals surface area contributed by atoms with Gasteiger partial charge in [-0.15, -0.1) is 0 Å². The van der Waals surface area contributed by atoms with Gasteiger partial charge in [0.15, 0.2) is 0 Å². The Morgan fingerprint density at radius 3 is 2.71 bits per heavy atom. The number of carboxylic acid groups (broad SMARTS) is 1. The summed E-state index contributed by atoms with van der Waals surface area (Å²) in [5.41, 5.74) is 5.32.